The van der Waals surface area contributed by atoms with Gasteiger partial charge in [0.15, 0.2) is 0 Å². The molecule has 9 heteroatoms. The summed E-state index contributed by atoms with van der Waals surface area (Å²) in [5.74, 6) is 1.59. The highest BCUT2D eigenvalue weighted by Crippen LogP contribution is 2.38. The molecule has 3 aromatic carbocycles. The third-order valence-corrected chi connectivity index (χ3v) is 7.22. The summed E-state index contributed by atoms with van der Waals surface area (Å²) in [6, 6.07) is 23.3. The number of ether oxygens (including phenoxy) is 1. The fourth-order valence-corrected chi connectivity index (χ4v) is 5.18. The maximum Gasteiger partial charge on any atom is 0.258 e. The summed E-state index contributed by atoms with van der Waals surface area (Å²) < 4.78 is 6.63. The van der Waals surface area contributed by atoms with Gasteiger partial charge in [0.2, 0.25) is 0 Å². The maximum absolute atomic E-state index is 13.5. The number of para-hydroxylation sites is 1. The number of nitrogen functional groups attached to an aromatic ring is 1. The molecule has 1 amide bonds. The molecule has 3 N–H and O–H groups in total. The Kier molecular flexibility index (Phi) is 6.03. The van der Waals surface area contributed by atoms with E-state index in [2.05, 4.69) is 20.3 Å². The fraction of sp³-hybridized carbons (Fsp3) is 0.0345. The van der Waals surface area contributed by atoms with E-state index in [0.717, 1.165) is 33.6 Å². The number of rotatable bonds is 6. The summed E-state index contributed by atoms with van der Waals surface area (Å²) in [7, 11) is 1.96. The zero-order valence-electron chi connectivity index (χ0n) is 20.3. The van der Waals surface area contributed by atoms with Crippen LogP contribution in [0.1, 0.15) is 10.4 Å². The zero-order chi connectivity index (χ0) is 26.1. The lowest BCUT2D eigenvalue weighted by Crippen LogP contribution is -2.17. The largest absolute Gasteiger partial charge is 0.457 e. The first-order chi connectivity index (χ1) is 18.6. The number of nitrogens with one attached hydrogen (secondary N) is 1. The van der Waals surface area contributed by atoms with Crippen molar-refractivity contribution in [2.45, 2.75) is 0 Å². The minimum atomic E-state index is -0.278. The number of hydrogen-bond acceptors (Lipinski definition) is 8. The molecule has 0 bridgehead atoms. The van der Waals surface area contributed by atoms with Crippen LogP contribution in [0.5, 0.6) is 11.5 Å². The predicted octanol–water partition coefficient (Wildman–Crippen LogP) is 6.63. The molecule has 0 aliphatic carbocycles. The van der Waals surface area contributed by atoms with Crippen LogP contribution in [0.3, 0.4) is 0 Å². The van der Waals surface area contributed by atoms with E-state index in [1.807, 2.05) is 84.7 Å². The number of benzene rings is 3. The molecule has 3 aromatic heterocycles. The van der Waals surface area contributed by atoms with Crippen LogP contribution in [-0.4, -0.2) is 27.9 Å². The van der Waals surface area contributed by atoms with E-state index >= 15 is 0 Å². The molecule has 3 heterocycles. The molecular formula is C29H22N6O2S. The molecule has 0 saturated carbocycles. The Morgan fingerprint density at radius 3 is 2.58 bits per heavy atom. The van der Waals surface area contributed by atoms with Crippen LogP contribution in [0.25, 0.3) is 21.0 Å². The molecule has 0 unspecified atom stereocenters. The third kappa shape index (κ3) is 4.35. The molecule has 0 saturated heterocycles. The summed E-state index contributed by atoms with van der Waals surface area (Å²) in [5.41, 5.74) is 9.38. The average molecular weight is 519 g/mol. The van der Waals surface area contributed by atoms with Gasteiger partial charge in [0, 0.05) is 41.3 Å². The Balaban J connectivity index is 1.35. The Morgan fingerprint density at radius 1 is 0.974 bits per heavy atom. The number of pyridine rings is 1. The molecule has 6 rings (SSSR count). The molecular weight excluding hydrogens is 496 g/mol. The topological polar surface area (TPSA) is 106 Å². The van der Waals surface area contributed by atoms with Gasteiger partial charge < -0.3 is 20.7 Å². The second kappa shape index (κ2) is 9.79. The maximum atomic E-state index is 13.5. The molecule has 0 aliphatic rings. The second-order valence-electron chi connectivity index (χ2n) is 8.56. The van der Waals surface area contributed by atoms with E-state index in [-0.39, 0.29) is 5.91 Å². The van der Waals surface area contributed by atoms with Gasteiger partial charge in [0.05, 0.1) is 27.2 Å². The van der Waals surface area contributed by atoms with Gasteiger partial charge >= 0.3 is 0 Å². The van der Waals surface area contributed by atoms with Crippen LogP contribution in [0.15, 0.2) is 96.9 Å². The smallest absolute Gasteiger partial charge is 0.258 e. The molecule has 0 aliphatic heterocycles. The number of anilines is 4. The molecule has 38 heavy (non-hydrogen) atoms. The van der Waals surface area contributed by atoms with E-state index in [1.165, 1.54) is 17.7 Å². The van der Waals surface area contributed by atoms with Gasteiger partial charge in [0.25, 0.3) is 5.91 Å². The van der Waals surface area contributed by atoms with Crippen LogP contribution in [-0.2, 0) is 0 Å². The van der Waals surface area contributed by atoms with Crippen LogP contribution >= 0.6 is 11.3 Å². The van der Waals surface area contributed by atoms with Crippen molar-refractivity contribution in [2.24, 2.45) is 0 Å². The number of nitrogens with two attached hydrogens (primary N) is 1. The Labute approximate surface area is 222 Å². The minimum absolute atomic E-state index is 0.278. The summed E-state index contributed by atoms with van der Waals surface area (Å²) >= 11 is 1.35. The van der Waals surface area contributed by atoms with E-state index in [4.69, 9.17) is 10.5 Å². The first-order valence-corrected chi connectivity index (χ1v) is 12.7. The number of carbonyl (C=O) groups excluding carboxylic acids is 1. The van der Waals surface area contributed by atoms with Crippen molar-refractivity contribution >= 4 is 61.1 Å². The van der Waals surface area contributed by atoms with Crippen molar-refractivity contribution in [3.8, 4) is 11.5 Å². The fourth-order valence-electron chi connectivity index (χ4n) is 4.28. The highest BCUT2D eigenvalue weighted by molar-refractivity contribution is 7.18. The lowest BCUT2D eigenvalue weighted by Gasteiger charge is -2.24. The number of aromatic nitrogens is 3. The second-order valence-corrected chi connectivity index (χ2v) is 9.44. The third-order valence-electron chi connectivity index (χ3n) is 6.23. The molecule has 0 fully saturated rings. The number of amides is 1. The number of carbonyl (C=O) groups is 1. The van der Waals surface area contributed by atoms with Gasteiger partial charge in [-0.25, -0.2) is 9.97 Å². The van der Waals surface area contributed by atoms with Crippen LogP contribution in [0.4, 0.5) is 22.9 Å². The van der Waals surface area contributed by atoms with Crippen molar-refractivity contribution in [3.63, 3.8) is 0 Å². The highest BCUT2D eigenvalue weighted by Gasteiger charge is 2.20. The first kappa shape index (κ1) is 23.4. The first-order valence-electron chi connectivity index (χ1n) is 11.8. The average Bonchev–Trinajstić information content (AvgIpc) is 3.40. The van der Waals surface area contributed by atoms with Crippen LogP contribution in [0, 0.1) is 0 Å². The van der Waals surface area contributed by atoms with E-state index < -0.39 is 0 Å². The summed E-state index contributed by atoms with van der Waals surface area (Å²) in [6.07, 6.45) is 4.86. The number of nitrogens with zero attached hydrogens (tertiary/aromatic N) is 4. The van der Waals surface area contributed by atoms with Gasteiger partial charge in [-0.3, -0.25) is 9.78 Å². The van der Waals surface area contributed by atoms with E-state index in [9.17, 15) is 4.79 Å². The molecule has 0 atom stereocenters. The van der Waals surface area contributed by atoms with Gasteiger partial charge in [-0.2, -0.15) is 0 Å². The number of thiophene rings is 1. The standard InChI is InChI=1S/C29H22N6O2S/c1-35(19-8-10-21(11-9-19)37-20-5-3-2-4-6-20)24-12-7-18-15-31-14-13-22(18)25(24)34-29(36)23-16-38-27-26(23)32-17-33-28(27)30/h2-17H,1H3,(H,34,36)(H2,30,32,33). The monoisotopic (exact) mass is 518 g/mol. The summed E-state index contributed by atoms with van der Waals surface area (Å²) in [5, 5.41) is 6.67. The van der Waals surface area contributed by atoms with E-state index in [0.29, 0.717) is 27.3 Å². The Hall–Kier alpha value is -5.02. The predicted molar refractivity (Wildman–Crippen MR) is 153 cm³/mol. The lowest BCUT2D eigenvalue weighted by atomic mass is 10.1. The highest BCUT2D eigenvalue weighted by atomic mass is 32.1. The molecule has 0 radical (unpaired) electrons. The van der Waals surface area contributed by atoms with Crippen molar-refractivity contribution in [3.05, 3.63) is 102 Å². The minimum Gasteiger partial charge on any atom is -0.457 e. The van der Waals surface area contributed by atoms with Crippen LogP contribution < -0.4 is 20.7 Å². The van der Waals surface area contributed by atoms with Gasteiger partial charge in [-0.05, 0) is 48.5 Å². The summed E-state index contributed by atoms with van der Waals surface area (Å²) in [4.78, 5) is 28.1. The quantitative estimate of drug-likeness (QED) is 0.255. The number of fused-ring (bicyclic) bond motifs is 2. The van der Waals surface area contributed by atoms with Crippen molar-refractivity contribution in [1.29, 1.82) is 0 Å². The normalized spacial score (nSPS) is 11.0. The molecule has 186 valence electrons. The number of hydrogen-bond donors (Lipinski definition) is 2. The molecule has 0 spiro atoms. The van der Waals surface area contributed by atoms with Crippen molar-refractivity contribution < 1.29 is 9.53 Å². The van der Waals surface area contributed by atoms with Crippen LogP contribution in [0.2, 0.25) is 0 Å². The Morgan fingerprint density at radius 2 is 1.76 bits per heavy atom. The van der Waals surface area contributed by atoms with Crippen molar-refractivity contribution in [2.75, 3.05) is 23.0 Å². The zero-order valence-corrected chi connectivity index (χ0v) is 21.1. The molecule has 8 nitrogen and oxygen atoms in total. The summed E-state index contributed by atoms with van der Waals surface area (Å²) in [6.45, 7) is 0. The van der Waals surface area contributed by atoms with Crippen molar-refractivity contribution in [1.82, 2.24) is 15.0 Å². The lowest BCUT2D eigenvalue weighted by molar-refractivity contribution is 0.102. The molecule has 6 aromatic rings. The Bertz CT molecular complexity index is 1770. The van der Waals surface area contributed by atoms with Gasteiger partial charge in [-0.1, -0.05) is 24.3 Å². The van der Waals surface area contributed by atoms with Gasteiger partial charge in [0.1, 0.15) is 23.6 Å². The van der Waals surface area contributed by atoms with E-state index in [1.54, 1.807) is 17.8 Å². The van der Waals surface area contributed by atoms with Gasteiger partial charge in [-0.15, -0.1) is 11.3 Å². The SMILES string of the molecule is CN(c1ccc(Oc2ccccc2)cc1)c1ccc2cnccc2c1NC(=O)c1csc2c(N)ncnc12.